The fraction of sp³-hybridized carbons (Fsp3) is 0.143. The lowest BCUT2D eigenvalue weighted by Gasteiger charge is -2.09. The third-order valence-electron chi connectivity index (χ3n) is 2.52. The molecule has 3 nitrogen and oxygen atoms in total. The molecule has 18 heavy (non-hydrogen) atoms. The van der Waals surface area contributed by atoms with E-state index in [0.717, 1.165) is 11.3 Å². The zero-order chi connectivity index (χ0) is 13.0. The van der Waals surface area contributed by atoms with Crippen LogP contribution in [0.2, 0.25) is 5.02 Å². The summed E-state index contributed by atoms with van der Waals surface area (Å²) < 4.78 is 10.8. The molecule has 0 atom stereocenters. The van der Waals surface area contributed by atoms with Gasteiger partial charge in [0.15, 0.2) is 0 Å². The van der Waals surface area contributed by atoms with Crippen LogP contribution in [0, 0.1) is 0 Å². The van der Waals surface area contributed by atoms with Gasteiger partial charge >= 0.3 is 0 Å². The van der Waals surface area contributed by atoms with E-state index in [2.05, 4.69) is 0 Å². The highest BCUT2D eigenvalue weighted by Crippen LogP contribution is 2.28. The van der Waals surface area contributed by atoms with E-state index in [0.29, 0.717) is 23.1 Å². The van der Waals surface area contributed by atoms with Crippen molar-refractivity contribution in [2.75, 3.05) is 7.11 Å². The van der Waals surface area contributed by atoms with E-state index in [1.165, 1.54) is 0 Å². The number of nitrogens with two attached hydrogens (primary N) is 1. The Balaban J connectivity index is 2.20. The average Bonchev–Trinajstić information content (AvgIpc) is 2.39. The van der Waals surface area contributed by atoms with Gasteiger partial charge in [-0.25, -0.2) is 0 Å². The molecule has 0 spiro atoms. The van der Waals surface area contributed by atoms with Gasteiger partial charge in [-0.1, -0.05) is 23.7 Å². The molecule has 2 N–H and O–H groups in total. The molecule has 0 saturated heterocycles. The van der Waals surface area contributed by atoms with E-state index in [4.69, 9.17) is 26.8 Å². The smallest absolute Gasteiger partial charge is 0.131 e. The highest BCUT2D eigenvalue weighted by atomic mass is 35.5. The fourth-order valence-corrected chi connectivity index (χ4v) is 1.81. The maximum Gasteiger partial charge on any atom is 0.131 e. The fourth-order valence-electron chi connectivity index (χ4n) is 1.56. The zero-order valence-corrected chi connectivity index (χ0v) is 10.8. The molecule has 2 aromatic carbocycles. The van der Waals surface area contributed by atoms with Gasteiger partial charge in [0.25, 0.3) is 0 Å². The minimum absolute atomic E-state index is 0.415. The summed E-state index contributed by atoms with van der Waals surface area (Å²) >= 11 is 6.07. The molecule has 0 aromatic heterocycles. The standard InChI is InChI=1S/C14H14ClNO2/c1-17-11-3-2-4-12(7-11)18-13-6-5-10(9-16)14(15)8-13/h2-8H,9,16H2,1H3. The number of hydrogen-bond acceptors (Lipinski definition) is 3. The maximum atomic E-state index is 6.07. The number of halogens is 1. The van der Waals surface area contributed by atoms with Crippen LogP contribution in [0.5, 0.6) is 17.2 Å². The number of benzene rings is 2. The maximum absolute atomic E-state index is 6.07. The quantitative estimate of drug-likeness (QED) is 0.917. The molecule has 0 heterocycles. The van der Waals surface area contributed by atoms with E-state index in [-0.39, 0.29) is 0 Å². The van der Waals surface area contributed by atoms with Gasteiger partial charge in [-0.05, 0) is 29.8 Å². The van der Waals surface area contributed by atoms with Crippen LogP contribution in [0.15, 0.2) is 42.5 Å². The van der Waals surface area contributed by atoms with Crippen molar-refractivity contribution in [3.05, 3.63) is 53.1 Å². The Morgan fingerprint density at radius 1 is 1.06 bits per heavy atom. The van der Waals surface area contributed by atoms with Crippen LogP contribution in [0.25, 0.3) is 0 Å². The second kappa shape index (κ2) is 5.76. The Morgan fingerprint density at radius 3 is 2.44 bits per heavy atom. The Hall–Kier alpha value is -1.71. The molecule has 4 heteroatoms. The van der Waals surface area contributed by atoms with Crippen molar-refractivity contribution >= 4 is 11.6 Å². The molecule has 0 fully saturated rings. The molecule has 0 unspecified atom stereocenters. The number of methoxy groups -OCH3 is 1. The highest BCUT2D eigenvalue weighted by Gasteiger charge is 2.03. The molecular formula is C14H14ClNO2. The Labute approximate surface area is 111 Å². The summed E-state index contributed by atoms with van der Waals surface area (Å²) in [6.07, 6.45) is 0. The first-order valence-corrected chi connectivity index (χ1v) is 5.91. The van der Waals surface area contributed by atoms with Gasteiger partial charge in [0, 0.05) is 17.6 Å². The van der Waals surface area contributed by atoms with Crippen molar-refractivity contribution in [3.8, 4) is 17.2 Å². The van der Waals surface area contributed by atoms with Crippen LogP contribution in [0.1, 0.15) is 5.56 Å². The molecule has 0 aliphatic carbocycles. The summed E-state index contributed by atoms with van der Waals surface area (Å²) in [6.45, 7) is 0.415. The molecule has 0 amide bonds. The lowest BCUT2D eigenvalue weighted by atomic mass is 10.2. The van der Waals surface area contributed by atoms with Crippen molar-refractivity contribution in [2.24, 2.45) is 5.73 Å². The lowest BCUT2D eigenvalue weighted by Crippen LogP contribution is -1.97. The minimum atomic E-state index is 0.415. The zero-order valence-electron chi connectivity index (χ0n) is 10.0. The van der Waals surface area contributed by atoms with Gasteiger partial charge in [-0.15, -0.1) is 0 Å². The minimum Gasteiger partial charge on any atom is -0.497 e. The SMILES string of the molecule is COc1cccc(Oc2ccc(CN)c(Cl)c2)c1. The monoisotopic (exact) mass is 263 g/mol. The number of ether oxygens (including phenoxy) is 2. The largest absolute Gasteiger partial charge is 0.497 e. The molecule has 0 radical (unpaired) electrons. The third-order valence-corrected chi connectivity index (χ3v) is 2.87. The van der Waals surface area contributed by atoms with E-state index < -0.39 is 0 Å². The van der Waals surface area contributed by atoms with Gasteiger partial charge in [-0.2, -0.15) is 0 Å². The van der Waals surface area contributed by atoms with Gasteiger partial charge in [-0.3, -0.25) is 0 Å². The Morgan fingerprint density at radius 2 is 1.78 bits per heavy atom. The van der Waals surface area contributed by atoms with Crippen LogP contribution in [-0.4, -0.2) is 7.11 Å². The molecule has 2 rings (SSSR count). The van der Waals surface area contributed by atoms with Gasteiger partial charge in [0.2, 0.25) is 0 Å². The van der Waals surface area contributed by atoms with E-state index in [1.54, 1.807) is 13.2 Å². The topological polar surface area (TPSA) is 44.5 Å². The first-order valence-electron chi connectivity index (χ1n) is 5.53. The van der Waals surface area contributed by atoms with Gasteiger partial charge < -0.3 is 15.2 Å². The predicted molar refractivity (Wildman–Crippen MR) is 72.4 cm³/mol. The van der Waals surface area contributed by atoms with Crippen molar-refractivity contribution in [2.45, 2.75) is 6.54 Å². The second-order valence-electron chi connectivity index (χ2n) is 3.74. The van der Waals surface area contributed by atoms with E-state index >= 15 is 0 Å². The summed E-state index contributed by atoms with van der Waals surface area (Å²) in [4.78, 5) is 0. The normalized spacial score (nSPS) is 10.2. The van der Waals surface area contributed by atoms with Gasteiger partial charge in [0.1, 0.15) is 17.2 Å². The van der Waals surface area contributed by atoms with Crippen molar-refractivity contribution in [1.29, 1.82) is 0 Å². The Kier molecular flexibility index (Phi) is 4.07. The van der Waals surface area contributed by atoms with Gasteiger partial charge in [0.05, 0.1) is 7.11 Å². The Bertz CT molecular complexity index is 543. The molecule has 2 aromatic rings. The first kappa shape index (κ1) is 12.7. The third kappa shape index (κ3) is 2.94. The molecule has 0 bridgehead atoms. The van der Waals surface area contributed by atoms with E-state index in [9.17, 15) is 0 Å². The molecular weight excluding hydrogens is 250 g/mol. The van der Waals surface area contributed by atoms with Crippen LogP contribution < -0.4 is 15.2 Å². The van der Waals surface area contributed by atoms with Crippen molar-refractivity contribution in [1.82, 2.24) is 0 Å². The number of rotatable bonds is 4. The lowest BCUT2D eigenvalue weighted by molar-refractivity contribution is 0.409. The van der Waals surface area contributed by atoms with Crippen molar-refractivity contribution < 1.29 is 9.47 Å². The van der Waals surface area contributed by atoms with Crippen LogP contribution in [0.4, 0.5) is 0 Å². The van der Waals surface area contributed by atoms with E-state index in [1.807, 2.05) is 36.4 Å². The predicted octanol–water partition coefficient (Wildman–Crippen LogP) is 3.60. The summed E-state index contributed by atoms with van der Waals surface area (Å²) in [5.41, 5.74) is 6.45. The molecule has 0 aliphatic heterocycles. The first-order chi connectivity index (χ1) is 8.72. The van der Waals surface area contributed by atoms with Crippen molar-refractivity contribution in [3.63, 3.8) is 0 Å². The van der Waals surface area contributed by atoms with Crippen LogP contribution in [0.3, 0.4) is 0 Å². The summed E-state index contributed by atoms with van der Waals surface area (Å²) in [7, 11) is 1.62. The van der Waals surface area contributed by atoms with Crippen LogP contribution in [-0.2, 0) is 6.54 Å². The average molecular weight is 264 g/mol. The highest BCUT2D eigenvalue weighted by molar-refractivity contribution is 6.31. The molecule has 0 aliphatic rings. The molecule has 94 valence electrons. The second-order valence-corrected chi connectivity index (χ2v) is 4.15. The summed E-state index contributed by atoms with van der Waals surface area (Å²) in [5.74, 6) is 2.12. The summed E-state index contributed by atoms with van der Waals surface area (Å²) in [6, 6.07) is 12.8. The number of hydrogen-bond donors (Lipinski definition) is 1. The van der Waals surface area contributed by atoms with Crippen LogP contribution >= 0.6 is 11.6 Å². The summed E-state index contributed by atoms with van der Waals surface area (Å²) in [5, 5.41) is 0.609. The molecule has 0 saturated carbocycles.